The Labute approximate surface area is 159 Å². The van der Waals surface area contributed by atoms with Crippen molar-refractivity contribution in [1.29, 1.82) is 0 Å². The number of methoxy groups -OCH3 is 1. The summed E-state index contributed by atoms with van der Waals surface area (Å²) in [4.78, 5) is 20.9. The average Bonchev–Trinajstić information content (AvgIpc) is 3.39. The molecule has 3 aromatic rings. The van der Waals surface area contributed by atoms with Crippen LogP contribution in [0.3, 0.4) is 0 Å². The molecule has 0 unspecified atom stereocenters. The molecule has 28 heavy (non-hydrogen) atoms. The highest BCUT2D eigenvalue weighted by Crippen LogP contribution is 2.50. The first-order valence-electron chi connectivity index (χ1n) is 8.75. The van der Waals surface area contributed by atoms with Crippen molar-refractivity contribution in [1.82, 2.24) is 14.5 Å². The zero-order valence-corrected chi connectivity index (χ0v) is 15.2. The number of rotatable bonds is 6. The van der Waals surface area contributed by atoms with E-state index in [1.807, 2.05) is 12.1 Å². The summed E-state index contributed by atoms with van der Waals surface area (Å²) in [5.74, 6) is -0.385. The zero-order valence-electron chi connectivity index (χ0n) is 15.2. The maximum Gasteiger partial charge on any atom is 0.261 e. The molecule has 1 saturated carbocycles. The second kappa shape index (κ2) is 6.83. The van der Waals surface area contributed by atoms with Crippen molar-refractivity contribution < 1.29 is 18.3 Å². The Balaban J connectivity index is 1.71. The Hall–Kier alpha value is -3.07. The molecule has 2 aromatic heterocycles. The number of nitrogens with zero attached hydrogens (tertiary/aromatic N) is 3. The Kier molecular flexibility index (Phi) is 4.46. The maximum atomic E-state index is 13.6. The first-order chi connectivity index (χ1) is 13.5. The number of ether oxygens (including phenoxy) is 1. The minimum absolute atomic E-state index is 0.0782. The van der Waals surface area contributed by atoms with Gasteiger partial charge in [-0.1, -0.05) is 12.1 Å². The number of halogens is 2. The van der Waals surface area contributed by atoms with Crippen LogP contribution >= 0.6 is 0 Å². The lowest BCUT2D eigenvalue weighted by atomic mass is 10.2. The molecule has 3 N–H and O–H groups in total. The van der Waals surface area contributed by atoms with Crippen LogP contribution in [-0.2, 0) is 16.9 Å². The summed E-state index contributed by atoms with van der Waals surface area (Å²) in [6.45, 7) is 0.464. The summed E-state index contributed by atoms with van der Waals surface area (Å²) >= 11 is 0. The van der Waals surface area contributed by atoms with Crippen molar-refractivity contribution in [3.05, 3.63) is 47.9 Å². The van der Waals surface area contributed by atoms with Gasteiger partial charge in [-0.25, -0.2) is 18.7 Å². The van der Waals surface area contributed by atoms with Crippen LogP contribution in [0.15, 0.2) is 36.8 Å². The van der Waals surface area contributed by atoms with Crippen molar-refractivity contribution >= 4 is 28.4 Å². The number of nitrogen functional groups attached to an aromatic ring is 1. The van der Waals surface area contributed by atoms with E-state index >= 15 is 0 Å². The second-order valence-electron chi connectivity index (χ2n) is 6.86. The molecule has 0 aliphatic heterocycles. The number of nitrogens with two attached hydrogens (primary N) is 1. The van der Waals surface area contributed by atoms with E-state index in [0.717, 1.165) is 5.56 Å². The first kappa shape index (κ1) is 18.3. The van der Waals surface area contributed by atoms with Crippen LogP contribution in [0.25, 0.3) is 11.0 Å². The van der Waals surface area contributed by atoms with Crippen LogP contribution in [0.5, 0.6) is 0 Å². The molecule has 1 fully saturated rings. The Morgan fingerprint density at radius 1 is 1.32 bits per heavy atom. The van der Waals surface area contributed by atoms with Gasteiger partial charge in [0.05, 0.1) is 17.6 Å². The molecular weight excluding hydrogens is 368 g/mol. The molecule has 7 nitrogen and oxygen atoms in total. The molecule has 0 atom stereocenters. The number of carbonyl (C=O) groups is 1. The maximum absolute atomic E-state index is 13.6. The molecule has 9 heteroatoms. The zero-order chi connectivity index (χ0) is 19.9. The van der Waals surface area contributed by atoms with Crippen molar-refractivity contribution in [3.63, 3.8) is 0 Å². The molecule has 0 radical (unpaired) electrons. The number of carbonyl (C=O) groups excluding carboxylic acids is 1. The van der Waals surface area contributed by atoms with Gasteiger partial charge in [0.1, 0.15) is 23.3 Å². The van der Waals surface area contributed by atoms with E-state index in [1.54, 1.807) is 19.2 Å². The van der Waals surface area contributed by atoms with E-state index in [2.05, 4.69) is 15.3 Å². The van der Waals surface area contributed by atoms with E-state index in [-0.39, 0.29) is 22.4 Å². The van der Waals surface area contributed by atoms with E-state index in [1.165, 1.54) is 17.1 Å². The molecule has 0 spiro atoms. The van der Waals surface area contributed by atoms with Crippen molar-refractivity contribution in [2.75, 3.05) is 18.2 Å². The molecule has 1 aliphatic rings. The molecule has 1 aromatic carbocycles. The first-order valence-corrected chi connectivity index (χ1v) is 8.75. The van der Waals surface area contributed by atoms with E-state index in [4.69, 9.17) is 10.5 Å². The summed E-state index contributed by atoms with van der Waals surface area (Å²) in [6, 6.07) is 7.14. The molecule has 146 valence electrons. The fourth-order valence-corrected chi connectivity index (χ4v) is 3.34. The number of alkyl halides is 2. The van der Waals surface area contributed by atoms with E-state index in [0.29, 0.717) is 25.1 Å². The third kappa shape index (κ3) is 2.97. The van der Waals surface area contributed by atoms with Crippen molar-refractivity contribution in [2.45, 2.75) is 31.4 Å². The Morgan fingerprint density at radius 2 is 2.04 bits per heavy atom. The predicted octanol–water partition coefficient (Wildman–Crippen LogP) is 3.17. The molecule has 1 aliphatic carbocycles. The predicted molar refractivity (Wildman–Crippen MR) is 100 cm³/mol. The minimum atomic E-state index is -2.57. The van der Waals surface area contributed by atoms with Crippen LogP contribution in [0.4, 0.5) is 20.3 Å². The fourth-order valence-electron chi connectivity index (χ4n) is 3.34. The highest BCUT2D eigenvalue weighted by molar-refractivity contribution is 6.14. The number of hydrogen-bond acceptors (Lipinski definition) is 5. The van der Waals surface area contributed by atoms with Gasteiger partial charge in [-0.05, 0) is 30.5 Å². The van der Waals surface area contributed by atoms with Gasteiger partial charge in [0.15, 0.2) is 0 Å². The van der Waals surface area contributed by atoms with Gasteiger partial charge in [0.2, 0.25) is 0 Å². The molecular formula is C19H19F2N5O2. The van der Waals surface area contributed by atoms with Crippen LogP contribution < -0.4 is 11.1 Å². The molecule has 1 amide bonds. The van der Waals surface area contributed by atoms with Gasteiger partial charge in [0.25, 0.3) is 12.3 Å². The Morgan fingerprint density at radius 3 is 2.64 bits per heavy atom. The average molecular weight is 387 g/mol. The fraction of sp³-hybridized carbons (Fsp3) is 0.316. The highest BCUT2D eigenvalue weighted by Gasteiger charge is 2.54. The number of aromatic nitrogens is 3. The smallest absolute Gasteiger partial charge is 0.261 e. The van der Waals surface area contributed by atoms with Gasteiger partial charge in [-0.3, -0.25) is 4.79 Å². The Bertz CT molecular complexity index is 1030. The number of benzene rings is 1. The largest absolute Gasteiger partial charge is 0.383 e. The summed E-state index contributed by atoms with van der Waals surface area (Å²) in [7, 11) is 1.60. The van der Waals surface area contributed by atoms with Crippen LogP contribution in [0, 0.1) is 0 Å². The lowest BCUT2D eigenvalue weighted by molar-refractivity contribution is 0.0690. The van der Waals surface area contributed by atoms with E-state index in [9.17, 15) is 13.6 Å². The SMILES string of the molecule is COCc1ccc(NC(=O)c2cn(C3(C(F)F)CC3)c3ncnc(N)c23)cc1. The third-order valence-electron chi connectivity index (χ3n) is 5.03. The number of amides is 1. The van der Waals surface area contributed by atoms with Gasteiger partial charge in [-0.15, -0.1) is 0 Å². The topological polar surface area (TPSA) is 95.1 Å². The monoisotopic (exact) mass is 387 g/mol. The summed E-state index contributed by atoms with van der Waals surface area (Å²) < 4.78 is 33.7. The van der Waals surface area contributed by atoms with Crippen LogP contribution in [0.1, 0.15) is 28.8 Å². The lowest BCUT2D eigenvalue weighted by Crippen LogP contribution is -2.25. The van der Waals surface area contributed by atoms with Crippen LogP contribution in [-0.4, -0.2) is 34.0 Å². The minimum Gasteiger partial charge on any atom is -0.383 e. The van der Waals surface area contributed by atoms with Crippen LogP contribution in [0.2, 0.25) is 0 Å². The molecule has 2 heterocycles. The standard InChI is InChI=1S/C19H19F2N5O2/c1-28-9-11-2-4-12(5-3-11)25-17(27)13-8-26(19(6-7-19)18(20)21)16-14(13)15(22)23-10-24-16/h2-5,8,10,18H,6-7,9H2,1H3,(H,25,27)(H2,22,23,24). The molecule has 0 saturated heterocycles. The number of fused-ring (bicyclic) bond motifs is 1. The van der Waals surface area contributed by atoms with Gasteiger partial charge < -0.3 is 20.4 Å². The van der Waals surface area contributed by atoms with Gasteiger partial charge >= 0.3 is 0 Å². The van der Waals surface area contributed by atoms with Crippen molar-refractivity contribution in [3.8, 4) is 0 Å². The summed E-state index contributed by atoms with van der Waals surface area (Å²) in [5.41, 5.74) is 6.55. The third-order valence-corrected chi connectivity index (χ3v) is 5.03. The highest BCUT2D eigenvalue weighted by atomic mass is 19.3. The molecule has 4 rings (SSSR count). The molecule has 0 bridgehead atoms. The van der Waals surface area contributed by atoms with Gasteiger partial charge in [-0.2, -0.15) is 0 Å². The van der Waals surface area contributed by atoms with Crippen molar-refractivity contribution in [2.24, 2.45) is 0 Å². The number of hydrogen-bond donors (Lipinski definition) is 2. The quantitative estimate of drug-likeness (QED) is 0.677. The summed E-state index contributed by atoms with van der Waals surface area (Å²) in [5, 5.41) is 3.05. The van der Waals surface area contributed by atoms with E-state index < -0.39 is 17.9 Å². The normalized spacial score (nSPS) is 15.1. The number of anilines is 2. The van der Waals surface area contributed by atoms with Gasteiger partial charge in [0, 0.05) is 19.0 Å². The second-order valence-corrected chi connectivity index (χ2v) is 6.86. The summed E-state index contributed by atoms with van der Waals surface area (Å²) in [6.07, 6.45) is 0.694. The lowest BCUT2D eigenvalue weighted by Gasteiger charge is -2.17. The number of nitrogens with one attached hydrogen (secondary N) is 1.